The first kappa shape index (κ1) is 17.5. The minimum Gasteiger partial charge on any atom is -0.489 e. The van der Waals surface area contributed by atoms with Gasteiger partial charge in [0.2, 0.25) is 5.91 Å². The van der Waals surface area contributed by atoms with Crippen LogP contribution in [0.1, 0.15) is 6.92 Å². The predicted octanol–water partition coefficient (Wildman–Crippen LogP) is 5.03. The maximum Gasteiger partial charge on any atom is 0.270 e. The number of nitro benzene ring substituents is 1. The Balaban J connectivity index is 2.03. The molecule has 2 aromatic carbocycles. The highest BCUT2D eigenvalue weighted by Crippen LogP contribution is 2.50. The molecule has 0 saturated carbocycles. The molecule has 0 bridgehead atoms. The molecule has 128 valence electrons. The van der Waals surface area contributed by atoms with E-state index in [9.17, 15) is 14.9 Å². The molecular weight excluding hydrogens is 408 g/mol. The number of benzene rings is 2. The van der Waals surface area contributed by atoms with Crippen LogP contribution in [0.3, 0.4) is 0 Å². The van der Waals surface area contributed by atoms with E-state index in [1.54, 1.807) is 22.0 Å². The number of carbonyl (C=O) groups is 1. The van der Waals surface area contributed by atoms with Crippen molar-refractivity contribution in [3.05, 3.63) is 57.6 Å². The van der Waals surface area contributed by atoms with Crippen LogP contribution in [0.25, 0.3) is 0 Å². The van der Waals surface area contributed by atoms with E-state index in [4.69, 9.17) is 4.74 Å². The minimum absolute atomic E-state index is 0.00642. The number of ether oxygens (including phenoxy) is 1. The smallest absolute Gasteiger partial charge is 0.270 e. The molecule has 1 heterocycles. The van der Waals surface area contributed by atoms with E-state index in [-0.39, 0.29) is 11.6 Å². The lowest BCUT2D eigenvalue weighted by Crippen LogP contribution is -2.25. The molecule has 1 aliphatic heterocycles. The van der Waals surface area contributed by atoms with Gasteiger partial charge in [-0.3, -0.25) is 19.8 Å². The normalized spacial score (nSPS) is 12.6. The van der Waals surface area contributed by atoms with Gasteiger partial charge >= 0.3 is 0 Å². The number of anilines is 2. The van der Waals surface area contributed by atoms with Crippen molar-refractivity contribution < 1.29 is 14.5 Å². The molecular formula is C17H13BrN2O4S. The molecule has 0 saturated heterocycles. The number of nitro groups is 1. The molecule has 8 heteroatoms. The van der Waals surface area contributed by atoms with E-state index in [1.165, 1.54) is 30.8 Å². The summed E-state index contributed by atoms with van der Waals surface area (Å²) in [5.74, 6) is 0.502. The second-order valence-electron chi connectivity index (χ2n) is 5.17. The van der Waals surface area contributed by atoms with Gasteiger partial charge in [-0.05, 0) is 35.3 Å². The average molecular weight is 421 g/mol. The Hall–Kier alpha value is -2.32. The molecule has 0 radical (unpaired) electrons. The van der Waals surface area contributed by atoms with E-state index in [1.807, 2.05) is 18.2 Å². The monoisotopic (exact) mass is 420 g/mol. The van der Waals surface area contributed by atoms with Crippen LogP contribution < -0.4 is 9.64 Å². The van der Waals surface area contributed by atoms with Crippen molar-refractivity contribution in [3.63, 3.8) is 0 Å². The van der Waals surface area contributed by atoms with Gasteiger partial charge in [0, 0.05) is 28.8 Å². The van der Waals surface area contributed by atoms with E-state index >= 15 is 0 Å². The van der Waals surface area contributed by atoms with E-state index in [2.05, 4.69) is 15.9 Å². The molecule has 3 rings (SSSR count). The van der Waals surface area contributed by atoms with E-state index in [0.29, 0.717) is 22.9 Å². The third kappa shape index (κ3) is 3.54. The lowest BCUT2D eigenvalue weighted by atomic mass is 10.2. The number of halogens is 1. The van der Waals surface area contributed by atoms with Crippen molar-refractivity contribution in [1.29, 1.82) is 0 Å². The van der Waals surface area contributed by atoms with Gasteiger partial charge in [-0.2, -0.15) is 0 Å². The van der Waals surface area contributed by atoms with Crippen molar-refractivity contribution in [2.45, 2.75) is 16.7 Å². The zero-order valence-electron chi connectivity index (χ0n) is 13.1. The van der Waals surface area contributed by atoms with Gasteiger partial charge in [0.15, 0.2) is 0 Å². The lowest BCUT2D eigenvalue weighted by Gasteiger charge is -2.30. The molecule has 0 aromatic heterocycles. The number of rotatable bonds is 4. The topological polar surface area (TPSA) is 72.7 Å². The molecule has 25 heavy (non-hydrogen) atoms. The highest BCUT2D eigenvalue weighted by atomic mass is 79.9. The first-order valence-electron chi connectivity index (χ1n) is 7.30. The Bertz CT molecular complexity index is 885. The van der Waals surface area contributed by atoms with Gasteiger partial charge in [0.25, 0.3) is 5.69 Å². The van der Waals surface area contributed by atoms with Gasteiger partial charge in [-0.25, -0.2) is 0 Å². The number of nitrogens with zero attached hydrogens (tertiary/aromatic N) is 2. The summed E-state index contributed by atoms with van der Waals surface area (Å²) in [5.41, 5.74) is 1.38. The number of fused-ring (bicyclic) bond motifs is 2. The Labute approximate surface area is 156 Å². The Morgan fingerprint density at radius 2 is 1.96 bits per heavy atom. The largest absolute Gasteiger partial charge is 0.489 e. The summed E-state index contributed by atoms with van der Waals surface area (Å²) in [5, 5.41) is 11.0. The van der Waals surface area contributed by atoms with Gasteiger partial charge in [-0.15, -0.1) is 0 Å². The Morgan fingerprint density at radius 3 is 2.60 bits per heavy atom. The summed E-state index contributed by atoms with van der Waals surface area (Å²) in [6.45, 7) is 1.88. The van der Waals surface area contributed by atoms with Crippen LogP contribution in [0.15, 0.2) is 57.3 Å². The third-order valence-corrected chi connectivity index (χ3v) is 5.01. The molecule has 0 N–H and O–H groups in total. The Kier molecular flexibility index (Phi) is 5.10. The van der Waals surface area contributed by atoms with Crippen LogP contribution in [0.5, 0.6) is 5.75 Å². The highest BCUT2D eigenvalue weighted by Gasteiger charge is 2.28. The summed E-state index contributed by atoms with van der Waals surface area (Å²) >= 11 is 4.56. The summed E-state index contributed by atoms with van der Waals surface area (Å²) in [4.78, 5) is 27.5. The van der Waals surface area contributed by atoms with E-state index in [0.717, 1.165) is 10.6 Å². The van der Waals surface area contributed by atoms with Crippen LogP contribution in [-0.2, 0) is 4.79 Å². The molecule has 0 spiro atoms. The summed E-state index contributed by atoms with van der Waals surface area (Å²) in [6.07, 6.45) is 1.81. The van der Waals surface area contributed by atoms with Crippen molar-refractivity contribution in [2.75, 3.05) is 11.5 Å². The second kappa shape index (κ2) is 7.28. The highest BCUT2D eigenvalue weighted by molar-refractivity contribution is 9.11. The molecule has 6 nitrogen and oxygen atoms in total. The number of hydrogen-bond acceptors (Lipinski definition) is 5. The molecule has 0 aliphatic carbocycles. The van der Waals surface area contributed by atoms with Gasteiger partial charge in [0.1, 0.15) is 12.4 Å². The third-order valence-electron chi connectivity index (χ3n) is 3.54. The van der Waals surface area contributed by atoms with E-state index < -0.39 is 4.92 Å². The number of carbonyl (C=O) groups excluding carboxylic acids is 1. The van der Waals surface area contributed by atoms with Crippen molar-refractivity contribution in [1.82, 2.24) is 0 Å². The van der Waals surface area contributed by atoms with Crippen molar-refractivity contribution >= 4 is 50.7 Å². The molecule has 1 aliphatic rings. The number of hydrogen-bond donors (Lipinski definition) is 0. The maximum atomic E-state index is 12.2. The second-order valence-corrected chi connectivity index (χ2v) is 6.78. The fourth-order valence-corrected chi connectivity index (χ4v) is 3.77. The van der Waals surface area contributed by atoms with Crippen LogP contribution in [0.4, 0.5) is 17.1 Å². The zero-order chi connectivity index (χ0) is 18.0. The van der Waals surface area contributed by atoms with Gasteiger partial charge in [-0.1, -0.05) is 27.7 Å². The first-order chi connectivity index (χ1) is 12.0. The van der Waals surface area contributed by atoms with Crippen molar-refractivity contribution in [3.8, 4) is 5.75 Å². The molecule has 1 amide bonds. The fourth-order valence-electron chi connectivity index (χ4n) is 2.50. The zero-order valence-corrected chi connectivity index (χ0v) is 15.5. The number of non-ortho nitro benzene ring substituents is 1. The van der Waals surface area contributed by atoms with Crippen LogP contribution in [0.2, 0.25) is 0 Å². The van der Waals surface area contributed by atoms with Crippen molar-refractivity contribution in [2.24, 2.45) is 0 Å². The molecule has 0 unspecified atom stereocenters. The first-order valence-corrected chi connectivity index (χ1v) is 9.03. The van der Waals surface area contributed by atoms with Crippen LogP contribution >= 0.6 is 27.7 Å². The molecule has 2 aromatic rings. The average Bonchev–Trinajstić information content (AvgIpc) is 2.58. The lowest BCUT2D eigenvalue weighted by molar-refractivity contribution is -0.385. The summed E-state index contributed by atoms with van der Waals surface area (Å²) in [7, 11) is 0. The predicted molar refractivity (Wildman–Crippen MR) is 100 cm³/mol. The summed E-state index contributed by atoms with van der Waals surface area (Å²) in [6, 6.07) is 9.95. The number of amides is 1. The van der Waals surface area contributed by atoms with Gasteiger partial charge < -0.3 is 4.74 Å². The standard InChI is InChI=1S/C17H13BrN2O4S/c1-11(21)19-14-5-3-12(20(22)23)9-16(14)25-17-10-13(4-6-15(17)19)24-8-2-7-18/h2-7,9-10H,8H2,1H3/b7-2+. The molecule has 0 fully saturated rings. The fraction of sp³-hybridized carbons (Fsp3) is 0.118. The minimum atomic E-state index is -0.444. The van der Waals surface area contributed by atoms with Gasteiger partial charge in [0.05, 0.1) is 16.3 Å². The maximum absolute atomic E-state index is 12.2. The quantitative estimate of drug-likeness (QED) is 0.512. The van der Waals surface area contributed by atoms with Crippen LogP contribution in [0, 0.1) is 10.1 Å². The Morgan fingerprint density at radius 1 is 1.28 bits per heavy atom. The molecule has 0 atom stereocenters. The van der Waals surface area contributed by atoms with Crippen LogP contribution in [-0.4, -0.2) is 17.4 Å². The summed E-state index contributed by atoms with van der Waals surface area (Å²) < 4.78 is 5.62. The SMILES string of the molecule is CC(=O)N1c2ccc(OC/C=C/Br)cc2Sc2cc([N+](=O)[O-])ccc21.